The molecule has 148 valence electrons. The minimum Gasteiger partial charge on any atom is -0.354 e. The summed E-state index contributed by atoms with van der Waals surface area (Å²) < 4.78 is 41.8. The van der Waals surface area contributed by atoms with Crippen LogP contribution >= 0.6 is 0 Å². The molecule has 0 saturated heterocycles. The molecule has 4 aromatic rings. The molecule has 0 spiro atoms. The monoisotopic (exact) mass is 404 g/mol. The summed E-state index contributed by atoms with van der Waals surface area (Å²) in [6, 6.07) is 14.6. The lowest BCUT2D eigenvalue weighted by Gasteiger charge is -2.19. The molecule has 0 atom stereocenters. The van der Waals surface area contributed by atoms with Crippen LogP contribution in [0.3, 0.4) is 0 Å². The molecule has 0 radical (unpaired) electrons. The van der Waals surface area contributed by atoms with E-state index in [1.54, 1.807) is 12.3 Å². The number of nitrogens with one attached hydrogen (secondary N) is 1. The zero-order valence-electron chi connectivity index (χ0n) is 15.7. The predicted molar refractivity (Wildman–Crippen MR) is 111 cm³/mol. The van der Waals surface area contributed by atoms with Gasteiger partial charge in [0.2, 0.25) is 5.97 Å². The van der Waals surface area contributed by atoms with E-state index in [-0.39, 0.29) is 12.1 Å². The van der Waals surface area contributed by atoms with Gasteiger partial charge in [-0.1, -0.05) is 6.07 Å². The van der Waals surface area contributed by atoms with Gasteiger partial charge in [-0.2, -0.15) is 4.39 Å². The van der Waals surface area contributed by atoms with Gasteiger partial charge in [0.25, 0.3) is 0 Å². The van der Waals surface area contributed by atoms with E-state index in [4.69, 9.17) is 0 Å². The van der Waals surface area contributed by atoms with Crippen molar-refractivity contribution in [2.75, 3.05) is 11.9 Å². The highest BCUT2D eigenvalue weighted by Gasteiger charge is 2.22. The summed E-state index contributed by atoms with van der Waals surface area (Å²) in [4.78, 5) is 12.8. The van der Waals surface area contributed by atoms with E-state index in [1.807, 2.05) is 30.3 Å². The van der Waals surface area contributed by atoms with Crippen LogP contribution in [0.2, 0.25) is 0 Å². The predicted octanol–water partition coefficient (Wildman–Crippen LogP) is 5.59. The third-order valence-corrected chi connectivity index (χ3v) is 5.03. The zero-order valence-corrected chi connectivity index (χ0v) is 15.7. The van der Waals surface area contributed by atoms with E-state index in [9.17, 15) is 13.2 Å². The molecule has 2 aromatic heterocycles. The number of halogens is 3. The second kappa shape index (κ2) is 7.26. The standard InChI is InChI=1S/C23H15F3N4/c24-15-7-6-13(11-16(15)25)20-12-21(22-19(30-20)8-10-28-23(22)26)29-18-5-1-4-17-14(18)3-2-9-27-17/h1-7,9,11-12H,8,10H2,(H,29,30). The summed E-state index contributed by atoms with van der Waals surface area (Å²) >= 11 is 0. The Morgan fingerprint density at radius 2 is 1.77 bits per heavy atom. The van der Waals surface area contributed by atoms with Crippen molar-refractivity contribution in [2.45, 2.75) is 6.42 Å². The first kappa shape index (κ1) is 18.3. The maximum Gasteiger partial charge on any atom is 0.219 e. The molecule has 1 N–H and O–H groups in total. The molecular formula is C23H15F3N4. The normalized spacial score (nSPS) is 13.1. The summed E-state index contributed by atoms with van der Waals surface area (Å²) in [7, 11) is 0. The Morgan fingerprint density at radius 1 is 0.867 bits per heavy atom. The van der Waals surface area contributed by atoms with Gasteiger partial charge in [-0.3, -0.25) is 15.0 Å². The molecule has 0 aliphatic carbocycles. The maximum absolute atomic E-state index is 14.7. The first-order valence-electron chi connectivity index (χ1n) is 9.40. The van der Waals surface area contributed by atoms with Gasteiger partial charge in [0.1, 0.15) is 0 Å². The quantitative estimate of drug-likeness (QED) is 0.484. The van der Waals surface area contributed by atoms with Crippen LogP contribution in [0.15, 0.2) is 65.8 Å². The fraction of sp³-hybridized carbons (Fsp3) is 0.0870. The topological polar surface area (TPSA) is 50.2 Å². The minimum absolute atomic E-state index is 0.282. The summed E-state index contributed by atoms with van der Waals surface area (Å²) in [6.45, 7) is 0.282. The van der Waals surface area contributed by atoms with Crippen LogP contribution in [0, 0.1) is 11.6 Å². The number of nitrogens with zero attached hydrogens (tertiary/aromatic N) is 3. The lowest BCUT2D eigenvalue weighted by molar-refractivity contribution is 0.509. The lowest BCUT2D eigenvalue weighted by Crippen LogP contribution is -2.14. The van der Waals surface area contributed by atoms with Crippen molar-refractivity contribution in [1.29, 1.82) is 0 Å². The zero-order chi connectivity index (χ0) is 20.7. The van der Waals surface area contributed by atoms with Crippen LogP contribution in [-0.4, -0.2) is 22.5 Å². The highest BCUT2D eigenvalue weighted by atomic mass is 19.2. The Bertz CT molecular complexity index is 1310. The Kier molecular flexibility index (Phi) is 4.43. The average Bonchev–Trinajstić information content (AvgIpc) is 2.76. The van der Waals surface area contributed by atoms with Gasteiger partial charge >= 0.3 is 0 Å². The largest absolute Gasteiger partial charge is 0.354 e. The maximum atomic E-state index is 14.7. The number of benzene rings is 2. The number of aliphatic imine (C=N–C) groups is 1. The smallest absolute Gasteiger partial charge is 0.219 e. The fourth-order valence-corrected chi connectivity index (χ4v) is 3.61. The van der Waals surface area contributed by atoms with E-state index >= 15 is 0 Å². The Morgan fingerprint density at radius 3 is 2.63 bits per heavy atom. The molecule has 3 heterocycles. The molecule has 1 aliphatic heterocycles. The minimum atomic E-state index is -0.964. The molecule has 1 aliphatic rings. The third-order valence-electron chi connectivity index (χ3n) is 5.03. The Hall–Kier alpha value is -3.74. The number of aromatic nitrogens is 2. The van der Waals surface area contributed by atoms with Crippen molar-refractivity contribution >= 4 is 28.2 Å². The Labute approximate surface area is 170 Å². The van der Waals surface area contributed by atoms with Crippen LogP contribution in [-0.2, 0) is 6.42 Å². The van der Waals surface area contributed by atoms with Crippen molar-refractivity contribution < 1.29 is 13.2 Å². The first-order valence-corrected chi connectivity index (χ1v) is 9.40. The van der Waals surface area contributed by atoms with E-state index in [0.717, 1.165) is 28.7 Å². The molecule has 2 aromatic carbocycles. The molecule has 30 heavy (non-hydrogen) atoms. The number of hydrogen-bond donors (Lipinski definition) is 1. The van der Waals surface area contributed by atoms with Crippen LogP contribution in [0.1, 0.15) is 11.3 Å². The fourth-order valence-electron chi connectivity index (χ4n) is 3.61. The van der Waals surface area contributed by atoms with Crippen LogP contribution in [0.4, 0.5) is 24.5 Å². The van der Waals surface area contributed by atoms with Gasteiger partial charge in [-0.25, -0.2) is 8.78 Å². The van der Waals surface area contributed by atoms with Crippen molar-refractivity contribution in [2.24, 2.45) is 4.99 Å². The highest BCUT2D eigenvalue weighted by molar-refractivity contribution is 6.03. The molecule has 0 amide bonds. The number of rotatable bonds is 3. The highest BCUT2D eigenvalue weighted by Crippen LogP contribution is 2.33. The lowest BCUT2D eigenvalue weighted by atomic mass is 10.0. The molecule has 0 bridgehead atoms. The molecule has 7 heteroatoms. The van der Waals surface area contributed by atoms with Crippen LogP contribution in [0.25, 0.3) is 22.2 Å². The summed E-state index contributed by atoms with van der Waals surface area (Å²) in [5.41, 5.74) is 3.62. The molecule has 0 saturated carbocycles. The van der Waals surface area contributed by atoms with Gasteiger partial charge in [-0.15, -0.1) is 0 Å². The number of fused-ring (bicyclic) bond motifs is 2. The number of hydrogen-bond acceptors (Lipinski definition) is 4. The van der Waals surface area contributed by atoms with Crippen LogP contribution in [0.5, 0.6) is 0 Å². The molecule has 5 rings (SSSR count). The SMILES string of the molecule is FC1=NCCc2nc(-c3ccc(F)c(F)c3)cc(Nc3cccc4ncccc34)c21. The molecule has 0 unspecified atom stereocenters. The van der Waals surface area contributed by atoms with E-state index in [1.165, 1.54) is 6.07 Å². The van der Waals surface area contributed by atoms with Gasteiger partial charge < -0.3 is 5.32 Å². The number of anilines is 2. The summed E-state index contributed by atoms with van der Waals surface area (Å²) in [5, 5.41) is 4.14. The summed E-state index contributed by atoms with van der Waals surface area (Å²) in [6.07, 6.45) is 2.15. The van der Waals surface area contributed by atoms with E-state index in [2.05, 4.69) is 20.3 Å². The number of pyridine rings is 2. The van der Waals surface area contributed by atoms with Crippen molar-refractivity contribution in [3.05, 3.63) is 83.7 Å². The summed E-state index contributed by atoms with van der Waals surface area (Å²) in [5.74, 6) is -2.49. The van der Waals surface area contributed by atoms with Gasteiger partial charge in [0.05, 0.1) is 28.2 Å². The molecule has 4 nitrogen and oxygen atoms in total. The third kappa shape index (κ3) is 3.18. The second-order valence-electron chi connectivity index (χ2n) is 6.93. The van der Waals surface area contributed by atoms with Gasteiger partial charge in [0.15, 0.2) is 11.6 Å². The van der Waals surface area contributed by atoms with Crippen molar-refractivity contribution in [1.82, 2.24) is 9.97 Å². The van der Waals surface area contributed by atoms with Crippen LogP contribution < -0.4 is 5.32 Å². The van der Waals surface area contributed by atoms with Crippen molar-refractivity contribution in [3.8, 4) is 11.3 Å². The second-order valence-corrected chi connectivity index (χ2v) is 6.93. The van der Waals surface area contributed by atoms with E-state index in [0.29, 0.717) is 29.1 Å². The van der Waals surface area contributed by atoms with Crippen molar-refractivity contribution in [3.63, 3.8) is 0 Å². The molecular weight excluding hydrogens is 389 g/mol. The van der Waals surface area contributed by atoms with Gasteiger partial charge in [-0.05, 0) is 48.5 Å². The first-order chi connectivity index (χ1) is 14.6. The average molecular weight is 404 g/mol. The molecule has 0 fully saturated rings. The Balaban J connectivity index is 1.68. The van der Waals surface area contributed by atoms with E-state index < -0.39 is 17.6 Å². The van der Waals surface area contributed by atoms with Gasteiger partial charge in [0, 0.05) is 35.8 Å².